The molecule has 0 unspecified atom stereocenters. The second kappa shape index (κ2) is 16.4. The molecule has 2 aromatic carbocycles. The van der Waals surface area contributed by atoms with E-state index in [2.05, 4.69) is 70.3 Å². The van der Waals surface area contributed by atoms with Crippen molar-refractivity contribution in [2.45, 2.75) is 46.0 Å². The van der Waals surface area contributed by atoms with Crippen LogP contribution in [0.2, 0.25) is 0 Å². The maximum absolute atomic E-state index is 5.88. The molecule has 4 aromatic rings. The lowest BCUT2D eigenvalue weighted by atomic mass is 10.2. The lowest BCUT2D eigenvalue weighted by Crippen LogP contribution is -2.12. The summed E-state index contributed by atoms with van der Waals surface area (Å²) in [6.07, 6.45) is 4.67. The van der Waals surface area contributed by atoms with Gasteiger partial charge in [-0.2, -0.15) is 29.9 Å². The first-order chi connectivity index (χ1) is 20.2. The number of nitrogens with one attached hydrogen (secondary N) is 5. The molecule has 41 heavy (non-hydrogen) atoms. The van der Waals surface area contributed by atoms with Crippen molar-refractivity contribution in [1.82, 2.24) is 29.9 Å². The van der Waals surface area contributed by atoms with Crippen LogP contribution in [-0.4, -0.2) is 56.1 Å². The van der Waals surface area contributed by atoms with Crippen molar-refractivity contribution in [2.75, 3.05) is 52.8 Å². The fourth-order valence-electron chi connectivity index (χ4n) is 3.69. The van der Waals surface area contributed by atoms with Gasteiger partial charge in [-0.25, -0.2) is 0 Å². The summed E-state index contributed by atoms with van der Waals surface area (Å²) < 4.78 is 5.88. The van der Waals surface area contributed by atoms with Gasteiger partial charge in [0.15, 0.2) is 0 Å². The number of anilines is 7. The van der Waals surface area contributed by atoms with Crippen LogP contribution in [0, 0.1) is 0 Å². The summed E-state index contributed by atoms with van der Waals surface area (Å²) in [5.74, 6) is 2.50. The van der Waals surface area contributed by atoms with Gasteiger partial charge in [-0.1, -0.05) is 50.2 Å². The number of hydrogen-bond acceptors (Lipinski definition) is 12. The van der Waals surface area contributed by atoms with Crippen molar-refractivity contribution >= 4 is 41.1 Å². The van der Waals surface area contributed by atoms with Crippen LogP contribution in [0.5, 0.6) is 6.01 Å². The van der Waals surface area contributed by atoms with Crippen LogP contribution in [0.4, 0.5) is 41.1 Å². The second-order valence-electron chi connectivity index (χ2n) is 9.24. The Morgan fingerprint density at radius 1 is 0.512 bits per heavy atom. The van der Waals surface area contributed by atoms with E-state index < -0.39 is 0 Å². The fraction of sp³-hybridized carbons (Fsp3) is 0.379. The first-order valence-electron chi connectivity index (χ1n) is 14.2. The largest absolute Gasteiger partial charge is 0.463 e. The monoisotopic (exact) mass is 557 g/mol. The Morgan fingerprint density at radius 3 is 1.54 bits per heavy atom. The number of ether oxygens (including phenoxy) is 1. The van der Waals surface area contributed by atoms with Gasteiger partial charge < -0.3 is 31.3 Å². The van der Waals surface area contributed by atoms with E-state index >= 15 is 0 Å². The van der Waals surface area contributed by atoms with Gasteiger partial charge in [-0.15, -0.1) is 0 Å². The number of aromatic nitrogens is 6. The van der Waals surface area contributed by atoms with Gasteiger partial charge in [0.2, 0.25) is 29.7 Å². The third-order valence-electron chi connectivity index (χ3n) is 5.71. The molecule has 0 saturated carbocycles. The molecule has 0 amide bonds. The molecule has 0 atom stereocenters. The van der Waals surface area contributed by atoms with Gasteiger partial charge in [-0.05, 0) is 56.4 Å². The Bertz CT molecular complexity index is 1210. The van der Waals surface area contributed by atoms with E-state index in [1.807, 2.05) is 60.7 Å². The molecule has 5 N–H and O–H groups in total. The maximum Gasteiger partial charge on any atom is 0.323 e. The first-order valence-corrected chi connectivity index (χ1v) is 14.2. The fourth-order valence-corrected chi connectivity index (χ4v) is 3.69. The predicted octanol–water partition coefficient (Wildman–Crippen LogP) is 5.85. The molecule has 0 aliphatic carbocycles. The van der Waals surface area contributed by atoms with E-state index in [-0.39, 0.29) is 0 Å². The molecule has 0 aliphatic rings. The number of rotatable bonds is 18. The minimum atomic E-state index is 0.297. The van der Waals surface area contributed by atoms with E-state index in [0.717, 1.165) is 63.1 Å². The first kappa shape index (κ1) is 29.2. The summed E-state index contributed by atoms with van der Waals surface area (Å²) in [4.78, 5) is 26.8. The topological polar surface area (TPSA) is 147 Å². The summed E-state index contributed by atoms with van der Waals surface area (Å²) in [7, 11) is 0. The van der Waals surface area contributed by atoms with Crippen molar-refractivity contribution < 1.29 is 4.74 Å². The average Bonchev–Trinajstić information content (AvgIpc) is 2.99. The number of nitrogens with zero attached hydrogens (tertiary/aromatic N) is 6. The maximum atomic E-state index is 5.88. The average molecular weight is 558 g/mol. The zero-order chi connectivity index (χ0) is 28.5. The van der Waals surface area contributed by atoms with Crippen LogP contribution < -0.4 is 31.3 Å². The lowest BCUT2D eigenvalue weighted by Gasteiger charge is -2.11. The van der Waals surface area contributed by atoms with Crippen LogP contribution >= 0.6 is 0 Å². The zero-order valence-corrected chi connectivity index (χ0v) is 23.7. The number of benzene rings is 2. The summed E-state index contributed by atoms with van der Waals surface area (Å²) in [5.41, 5.74) is 1.81. The molecule has 0 aliphatic heterocycles. The zero-order valence-electron chi connectivity index (χ0n) is 23.7. The minimum absolute atomic E-state index is 0.297. The van der Waals surface area contributed by atoms with E-state index in [0.29, 0.717) is 42.4 Å². The molecule has 216 valence electrons. The quantitative estimate of drug-likeness (QED) is 0.0935. The van der Waals surface area contributed by atoms with E-state index in [1.165, 1.54) is 0 Å². The van der Waals surface area contributed by atoms with Crippen molar-refractivity contribution in [3.05, 3.63) is 60.7 Å². The Kier molecular flexibility index (Phi) is 11.7. The van der Waals surface area contributed by atoms with Crippen molar-refractivity contribution in [1.29, 1.82) is 0 Å². The van der Waals surface area contributed by atoms with Crippen LogP contribution in [0.15, 0.2) is 60.7 Å². The van der Waals surface area contributed by atoms with Gasteiger partial charge in [-0.3, -0.25) is 0 Å². The van der Waals surface area contributed by atoms with Gasteiger partial charge in [0.1, 0.15) is 0 Å². The number of hydrogen-bond donors (Lipinski definition) is 5. The predicted molar refractivity (Wildman–Crippen MR) is 165 cm³/mol. The number of para-hydroxylation sites is 2. The lowest BCUT2D eigenvalue weighted by molar-refractivity contribution is 0.282. The molecule has 0 saturated heterocycles. The van der Waals surface area contributed by atoms with Gasteiger partial charge in [0.05, 0.1) is 6.61 Å². The van der Waals surface area contributed by atoms with Gasteiger partial charge in [0, 0.05) is 31.0 Å². The highest BCUT2D eigenvalue weighted by Crippen LogP contribution is 2.18. The summed E-state index contributed by atoms with van der Waals surface area (Å²) in [6.45, 7) is 6.97. The van der Waals surface area contributed by atoms with Crippen molar-refractivity contribution in [2.24, 2.45) is 0 Å². The molecule has 12 heteroatoms. The van der Waals surface area contributed by atoms with Crippen LogP contribution in [0.3, 0.4) is 0 Å². The normalized spacial score (nSPS) is 10.6. The summed E-state index contributed by atoms with van der Waals surface area (Å²) in [5, 5.41) is 16.2. The molecular formula is C29H39N11O. The van der Waals surface area contributed by atoms with Crippen molar-refractivity contribution in [3.63, 3.8) is 0 Å². The van der Waals surface area contributed by atoms with Gasteiger partial charge in [0.25, 0.3) is 0 Å². The second-order valence-corrected chi connectivity index (χ2v) is 9.24. The smallest absolute Gasteiger partial charge is 0.323 e. The van der Waals surface area contributed by atoms with Crippen LogP contribution in [-0.2, 0) is 0 Å². The molecular weight excluding hydrogens is 518 g/mol. The minimum Gasteiger partial charge on any atom is -0.463 e. The molecule has 0 fully saturated rings. The molecule has 2 aromatic heterocycles. The Morgan fingerprint density at radius 2 is 0.976 bits per heavy atom. The standard InChI is InChI=1S/C29H39N11O/c1-3-18-30-24-35-25(37-27(36-24)33-22-14-8-5-9-15-22)32-20-12-7-13-21-41-29-39-26(31-19-4-2)38-28(40-29)34-23-16-10-6-11-17-23/h5-6,8-11,14-17H,3-4,7,12-13,18-21H2,1-2H3,(H2,31,34,38,39,40)(H3,30,32,33,35,36,37). The summed E-state index contributed by atoms with van der Waals surface area (Å²) >= 11 is 0. The Balaban J connectivity index is 1.24. The summed E-state index contributed by atoms with van der Waals surface area (Å²) in [6, 6.07) is 19.9. The van der Waals surface area contributed by atoms with Gasteiger partial charge >= 0.3 is 6.01 Å². The molecule has 0 radical (unpaired) electrons. The Labute approximate surface area is 241 Å². The highest BCUT2D eigenvalue weighted by molar-refractivity contribution is 5.55. The third kappa shape index (κ3) is 10.4. The van der Waals surface area contributed by atoms with Crippen molar-refractivity contribution in [3.8, 4) is 6.01 Å². The molecule has 2 heterocycles. The Hall–Kier alpha value is -4.74. The highest BCUT2D eigenvalue weighted by Gasteiger charge is 2.09. The third-order valence-corrected chi connectivity index (χ3v) is 5.71. The molecule has 4 rings (SSSR count). The molecule has 12 nitrogen and oxygen atoms in total. The highest BCUT2D eigenvalue weighted by atomic mass is 16.5. The SMILES string of the molecule is CCCNc1nc(NCCCCCOc2nc(NCCC)nc(Nc3ccccc3)n2)nc(Nc2ccccc2)n1. The van der Waals surface area contributed by atoms with Crippen LogP contribution in [0.1, 0.15) is 46.0 Å². The van der Waals surface area contributed by atoms with Crippen LogP contribution in [0.25, 0.3) is 0 Å². The molecule has 0 spiro atoms. The number of unbranched alkanes of at least 4 members (excludes halogenated alkanes) is 2. The molecule has 0 bridgehead atoms. The van der Waals surface area contributed by atoms with E-state index in [1.54, 1.807) is 0 Å². The van der Waals surface area contributed by atoms with E-state index in [9.17, 15) is 0 Å². The van der Waals surface area contributed by atoms with E-state index in [4.69, 9.17) is 4.74 Å².